The molecule has 0 bridgehead atoms. The molecule has 1 amide bonds. The van der Waals surface area contributed by atoms with Crippen molar-refractivity contribution < 1.29 is 27.9 Å². The first kappa shape index (κ1) is 24.7. The Morgan fingerprint density at radius 1 is 0.973 bits per heavy atom. The predicted molar refractivity (Wildman–Crippen MR) is 139 cm³/mol. The summed E-state index contributed by atoms with van der Waals surface area (Å²) in [6.45, 7) is 0. The van der Waals surface area contributed by atoms with Crippen molar-refractivity contribution >= 4 is 33.2 Å². The molecular weight excluding hydrogens is 492 g/mol. The van der Waals surface area contributed by atoms with Crippen LogP contribution in [0.3, 0.4) is 0 Å². The highest BCUT2D eigenvalue weighted by Crippen LogP contribution is 2.43. The van der Waals surface area contributed by atoms with E-state index in [4.69, 9.17) is 9.88 Å². The van der Waals surface area contributed by atoms with Crippen molar-refractivity contribution in [2.24, 2.45) is 5.14 Å². The van der Waals surface area contributed by atoms with Crippen LogP contribution in [-0.4, -0.2) is 32.3 Å². The SMILES string of the molecule is COc1cccc(C2/C(=C(/O)c3ccc4c(c3)CCCC4)C(=O)C(=O)N2c2ccc(S(N)(=O)=O)cc2)c1. The summed E-state index contributed by atoms with van der Waals surface area (Å²) >= 11 is 0. The smallest absolute Gasteiger partial charge is 0.300 e. The molecule has 1 unspecified atom stereocenters. The number of aliphatic hydroxyl groups is 1. The van der Waals surface area contributed by atoms with E-state index in [0.29, 0.717) is 16.9 Å². The minimum atomic E-state index is -3.95. The molecule has 5 rings (SSSR count). The number of benzene rings is 3. The molecule has 1 saturated heterocycles. The summed E-state index contributed by atoms with van der Waals surface area (Å²) < 4.78 is 28.8. The third kappa shape index (κ3) is 4.52. The fourth-order valence-electron chi connectivity index (χ4n) is 5.06. The lowest BCUT2D eigenvalue weighted by molar-refractivity contribution is -0.132. The molecular formula is C28H26N2O6S. The summed E-state index contributed by atoms with van der Waals surface area (Å²) in [5.41, 5.74) is 3.60. The van der Waals surface area contributed by atoms with Crippen LogP contribution < -0.4 is 14.8 Å². The minimum Gasteiger partial charge on any atom is -0.507 e. The van der Waals surface area contributed by atoms with Crippen LogP contribution in [0.25, 0.3) is 5.76 Å². The van der Waals surface area contributed by atoms with Crippen LogP contribution in [0.2, 0.25) is 0 Å². The van der Waals surface area contributed by atoms with Gasteiger partial charge in [-0.1, -0.05) is 24.3 Å². The number of fused-ring (bicyclic) bond motifs is 1. The zero-order valence-electron chi connectivity index (χ0n) is 20.2. The van der Waals surface area contributed by atoms with Gasteiger partial charge in [-0.05, 0) is 84.8 Å². The van der Waals surface area contributed by atoms with Gasteiger partial charge in [-0.3, -0.25) is 14.5 Å². The lowest BCUT2D eigenvalue weighted by Gasteiger charge is -2.26. The maximum Gasteiger partial charge on any atom is 0.300 e. The maximum absolute atomic E-state index is 13.4. The van der Waals surface area contributed by atoms with Crippen molar-refractivity contribution in [3.05, 3.63) is 94.6 Å². The lowest BCUT2D eigenvalue weighted by atomic mass is 9.88. The van der Waals surface area contributed by atoms with Crippen molar-refractivity contribution in [3.63, 3.8) is 0 Å². The molecule has 0 saturated carbocycles. The molecule has 0 radical (unpaired) electrons. The number of aryl methyl sites for hydroxylation is 2. The normalized spacial score (nSPS) is 19.1. The van der Waals surface area contributed by atoms with E-state index in [9.17, 15) is 23.1 Å². The molecule has 3 N–H and O–H groups in total. The average molecular weight is 519 g/mol. The Morgan fingerprint density at radius 2 is 1.68 bits per heavy atom. The Hall–Kier alpha value is -3.95. The number of Topliss-reactive ketones (excluding diaryl/α,β-unsaturated/α-hetero) is 1. The number of hydrogen-bond acceptors (Lipinski definition) is 6. The van der Waals surface area contributed by atoms with Crippen molar-refractivity contribution in [3.8, 4) is 5.75 Å². The number of sulfonamides is 1. The topological polar surface area (TPSA) is 127 Å². The minimum absolute atomic E-state index is 0.0514. The van der Waals surface area contributed by atoms with E-state index in [0.717, 1.165) is 31.2 Å². The van der Waals surface area contributed by atoms with Gasteiger partial charge in [-0.25, -0.2) is 13.6 Å². The Bertz CT molecular complexity index is 1540. The van der Waals surface area contributed by atoms with Gasteiger partial charge in [-0.15, -0.1) is 0 Å². The Kier molecular flexibility index (Phi) is 6.35. The zero-order chi connectivity index (χ0) is 26.3. The number of aliphatic hydroxyl groups excluding tert-OH is 1. The molecule has 8 nitrogen and oxygen atoms in total. The average Bonchev–Trinajstić information content (AvgIpc) is 3.17. The standard InChI is InChI=1S/C28H26N2O6S/c1-36-22-8-4-7-19(16-22)25-24(26(31)20-10-9-17-5-2-3-6-18(17)15-20)27(32)28(33)30(25)21-11-13-23(14-12-21)37(29,34)35/h4,7-16,25,31H,2-3,5-6H2,1H3,(H2,29,34,35)/b26-24-. The Labute approximate surface area is 215 Å². The highest BCUT2D eigenvalue weighted by molar-refractivity contribution is 7.89. The molecule has 1 heterocycles. The number of primary sulfonamides is 1. The number of nitrogens with zero attached hydrogens (tertiary/aromatic N) is 1. The van der Waals surface area contributed by atoms with Gasteiger partial charge in [0, 0.05) is 11.3 Å². The van der Waals surface area contributed by atoms with Gasteiger partial charge in [-0.2, -0.15) is 0 Å². The van der Waals surface area contributed by atoms with Gasteiger partial charge in [0.05, 0.1) is 23.6 Å². The van der Waals surface area contributed by atoms with Gasteiger partial charge in [0.1, 0.15) is 11.5 Å². The molecule has 0 aromatic heterocycles. The molecule has 9 heteroatoms. The molecule has 3 aromatic rings. The molecule has 0 spiro atoms. The number of ketones is 1. The van der Waals surface area contributed by atoms with Gasteiger partial charge in [0.15, 0.2) is 0 Å². The van der Waals surface area contributed by atoms with Gasteiger partial charge in [0.25, 0.3) is 11.7 Å². The summed E-state index contributed by atoms with van der Waals surface area (Å²) in [4.78, 5) is 27.9. The first-order valence-electron chi connectivity index (χ1n) is 11.9. The summed E-state index contributed by atoms with van der Waals surface area (Å²) in [5.74, 6) is -1.42. The third-order valence-electron chi connectivity index (χ3n) is 6.92. The summed E-state index contributed by atoms with van der Waals surface area (Å²) in [7, 11) is -2.44. The zero-order valence-corrected chi connectivity index (χ0v) is 21.0. The van der Waals surface area contributed by atoms with Crippen LogP contribution in [0.15, 0.2) is 77.2 Å². The first-order valence-corrected chi connectivity index (χ1v) is 13.4. The second-order valence-corrected chi connectivity index (χ2v) is 10.7. The monoisotopic (exact) mass is 518 g/mol. The number of anilines is 1. The maximum atomic E-state index is 13.4. The van der Waals surface area contributed by atoms with E-state index in [-0.39, 0.29) is 21.9 Å². The second kappa shape index (κ2) is 9.49. The van der Waals surface area contributed by atoms with Crippen LogP contribution in [0.5, 0.6) is 5.75 Å². The van der Waals surface area contributed by atoms with Crippen molar-refractivity contribution in [2.75, 3.05) is 12.0 Å². The number of nitrogens with two attached hydrogens (primary N) is 1. The van der Waals surface area contributed by atoms with Crippen LogP contribution in [0.4, 0.5) is 5.69 Å². The van der Waals surface area contributed by atoms with E-state index in [1.54, 1.807) is 30.3 Å². The highest BCUT2D eigenvalue weighted by Gasteiger charge is 2.47. The van der Waals surface area contributed by atoms with E-state index in [2.05, 4.69) is 0 Å². The molecule has 190 valence electrons. The van der Waals surface area contributed by atoms with E-state index < -0.39 is 27.8 Å². The van der Waals surface area contributed by atoms with E-state index >= 15 is 0 Å². The molecule has 1 atom stereocenters. The molecule has 1 aliphatic heterocycles. The quantitative estimate of drug-likeness (QED) is 0.300. The van der Waals surface area contributed by atoms with Crippen molar-refractivity contribution in [1.29, 1.82) is 0 Å². The van der Waals surface area contributed by atoms with Crippen molar-refractivity contribution in [1.82, 2.24) is 0 Å². The van der Waals surface area contributed by atoms with Gasteiger partial charge < -0.3 is 9.84 Å². The van der Waals surface area contributed by atoms with Gasteiger partial charge >= 0.3 is 0 Å². The second-order valence-electron chi connectivity index (χ2n) is 9.18. The van der Waals surface area contributed by atoms with Crippen LogP contribution in [-0.2, 0) is 32.5 Å². The third-order valence-corrected chi connectivity index (χ3v) is 7.85. The summed E-state index contributed by atoms with van der Waals surface area (Å²) in [6.07, 6.45) is 4.03. The number of carbonyl (C=O) groups is 2. The lowest BCUT2D eigenvalue weighted by Crippen LogP contribution is -2.29. The van der Waals surface area contributed by atoms with Crippen LogP contribution in [0.1, 0.15) is 41.1 Å². The molecule has 1 aliphatic carbocycles. The number of methoxy groups -OCH3 is 1. The largest absolute Gasteiger partial charge is 0.507 e. The van der Waals surface area contributed by atoms with E-state index in [1.165, 1.54) is 41.8 Å². The number of rotatable bonds is 5. The number of hydrogen-bond donors (Lipinski definition) is 2. The fraction of sp³-hybridized carbons (Fsp3) is 0.214. The molecule has 37 heavy (non-hydrogen) atoms. The summed E-state index contributed by atoms with van der Waals surface area (Å²) in [6, 6.07) is 16.9. The molecule has 1 fully saturated rings. The number of amides is 1. The molecule has 2 aliphatic rings. The van der Waals surface area contributed by atoms with Crippen molar-refractivity contribution in [2.45, 2.75) is 36.6 Å². The number of ether oxygens (including phenoxy) is 1. The first-order chi connectivity index (χ1) is 17.7. The Balaban J connectivity index is 1.68. The fourth-order valence-corrected chi connectivity index (χ4v) is 5.57. The molecule has 3 aromatic carbocycles. The van der Waals surface area contributed by atoms with Crippen LogP contribution in [0, 0.1) is 0 Å². The van der Waals surface area contributed by atoms with E-state index in [1.807, 2.05) is 12.1 Å². The van der Waals surface area contributed by atoms with Gasteiger partial charge in [0.2, 0.25) is 10.0 Å². The predicted octanol–water partition coefficient (Wildman–Crippen LogP) is 3.85. The Morgan fingerprint density at radius 3 is 2.35 bits per heavy atom. The number of carbonyl (C=O) groups excluding carboxylic acids is 2. The highest BCUT2D eigenvalue weighted by atomic mass is 32.2. The van der Waals surface area contributed by atoms with Crippen LogP contribution >= 0.6 is 0 Å². The summed E-state index contributed by atoms with van der Waals surface area (Å²) in [5, 5.41) is 16.7.